The van der Waals surface area contributed by atoms with Crippen molar-refractivity contribution >= 4 is 5.91 Å². The van der Waals surface area contributed by atoms with Gasteiger partial charge in [0.15, 0.2) is 0 Å². The van der Waals surface area contributed by atoms with Crippen molar-refractivity contribution in [3.63, 3.8) is 0 Å². The molecule has 2 aliphatic heterocycles. The lowest BCUT2D eigenvalue weighted by atomic mass is 9.83. The largest absolute Gasteiger partial charge is 0.350 e. The second-order valence-corrected chi connectivity index (χ2v) is 7.92. The van der Waals surface area contributed by atoms with Crippen molar-refractivity contribution in [2.45, 2.75) is 64.8 Å². The maximum Gasteiger partial charge on any atom is 0.271 e. The summed E-state index contributed by atoms with van der Waals surface area (Å²) in [6.07, 6.45) is 8.54. The van der Waals surface area contributed by atoms with Gasteiger partial charge in [0, 0.05) is 18.3 Å². The molecule has 0 bridgehead atoms. The molecule has 1 aromatic heterocycles. The molecule has 0 aromatic carbocycles. The average molecular weight is 332 g/mol. The summed E-state index contributed by atoms with van der Waals surface area (Å²) in [5, 5.41) is 10.3. The zero-order chi connectivity index (χ0) is 16.9. The van der Waals surface area contributed by atoms with E-state index in [4.69, 9.17) is 0 Å². The van der Waals surface area contributed by atoms with Crippen molar-refractivity contribution in [3.05, 3.63) is 17.5 Å². The van der Waals surface area contributed by atoms with Gasteiger partial charge in [0.25, 0.3) is 5.91 Å². The Bertz CT molecular complexity index is 537. The number of H-pyrrole nitrogens is 1. The zero-order valence-corrected chi connectivity index (χ0v) is 15.2. The van der Waals surface area contributed by atoms with Crippen LogP contribution in [0.15, 0.2) is 6.07 Å². The number of fused-ring (bicyclic) bond motifs is 1. The first-order chi connectivity index (χ1) is 11.6. The van der Waals surface area contributed by atoms with Crippen LogP contribution in [0.2, 0.25) is 0 Å². The molecule has 2 saturated heterocycles. The minimum absolute atomic E-state index is 0.0324. The summed E-state index contributed by atoms with van der Waals surface area (Å²) in [5.74, 6) is 1.23. The highest BCUT2D eigenvalue weighted by atomic mass is 16.1. The van der Waals surface area contributed by atoms with Crippen LogP contribution in [0.4, 0.5) is 0 Å². The van der Waals surface area contributed by atoms with Crippen molar-refractivity contribution < 1.29 is 4.79 Å². The molecule has 1 amide bonds. The van der Waals surface area contributed by atoms with Crippen LogP contribution in [0.3, 0.4) is 0 Å². The first-order valence-electron chi connectivity index (χ1n) is 9.70. The molecule has 0 radical (unpaired) electrons. The SMILES string of the molecule is CC(C)CCc1cc(C(=O)NC[C@@H]2CCCN3CCCC[C@@H]23)n[nH]1. The van der Waals surface area contributed by atoms with E-state index in [0.717, 1.165) is 25.1 Å². The van der Waals surface area contributed by atoms with E-state index in [1.807, 2.05) is 6.07 Å². The number of nitrogens with one attached hydrogen (secondary N) is 2. The van der Waals surface area contributed by atoms with Crippen molar-refractivity contribution in [1.29, 1.82) is 0 Å². The number of rotatable bonds is 6. The molecule has 2 aliphatic rings. The number of carbonyl (C=O) groups excluding carboxylic acids is 1. The molecule has 1 aromatic rings. The van der Waals surface area contributed by atoms with E-state index in [1.54, 1.807) is 0 Å². The Morgan fingerprint density at radius 2 is 2.17 bits per heavy atom. The lowest BCUT2D eigenvalue weighted by molar-refractivity contribution is 0.0575. The summed E-state index contributed by atoms with van der Waals surface area (Å²) in [5.41, 5.74) is 1.59. The van der Waals surface area contributed by atoms with E-state index in [2.05, 4.69) is 34.3 Å². The van der Waals surface area contributed by atoms with Gasteiger partial charge in [-0.1, -0.05) is 20.3 Å². The summed E-state index contributed by atoms with van der Waals surface area (Å²) >= 11 is 0. The summed E-state index contributed by atoms with van der Waals surface area (Å²) in [6, 6.07) is 2.58. The number of hydrogen-bond acceptors (Lipinski definition) is 3. The Labute approximate surface area is 145 Å². The van der Waals surface area contributed by atoms with Crippen LogP contribution in [0.1, 0.15) is 68.6 Å². The first-order valence-corrected chi connectivity index (χ1v) is 9.70. The van der Waals surface area contributed by atoms with Crippen LogP contribution < -0.4 is 5.32 Å². The number of aromatic amines is 1. The van der Waals surface area contributed by atoms with Gasteiger partial charge in [0.1, 0.15) is 5.69 Å². The standard InChI is InChI=1S/C19H32N4O/c1-14(2)8-9-16-12-17(22-21-16)19(24)20-13-15-6-5-11-23-10-4-3-7-18(15)23/h12,14-15,18H,3-11,13H2,1-2H3,(H,20,24)(H,21,22)/t15-,18-/m0/s1. The molecule has 2 N–H and O–H groups in total. The van der Waals surface area contributed by atoms with E-state index < -0.39 is 0 Å². The van der Waals surface area contributed by atoms with Crippen LogP contribution in [0.25, 0.3) is 0 Å². The van der Waals surface area contributed by atoms with Gasteiger partial charge in [-0.15, -0.1) is 0 Å². The van der Waals surface area contributed by atoms with Gasteiger partial charge in [-0.2, -0.15) is 5.10 Å². The maximum absolute atomic E-state index is 12.4. The Hall–Kier alpha value is -1.36. The Kier molecular flexibility index (Phi) is 5.93. The number of hydrogen-bond donors (Lipinski definition) is 2. The second kappa shape index (κ2) is 8.15. The highest BCUT2D eigenvalue weighted by Gasteiger charge is 2.33. The van der Waals surface area contributed by atoms with E-state index in [9.17, 15) is 4.79 Å². The Morgan fingerprint density at radius 3 is 3.00 bits per heavy atom. The first kappa shape index (κ1) is 17.5. The zero-order valence-electron chi connectivity index (χ0n) is 15.2. The third-order valence-corrected chi connectivity index (χ3v) is 5.61. The summed E-state index contributed by atoms with van der Waals surface area (Å²) in [7, 11) is 0. The van der Waals surface area contributed by atoms with Gasteiger partial charge in [0.2, 0.25) is 0 Å². The van der Waals surface area contributed by atoms with Gasteiger partial charge in [-0.25, -0.2) is 0 Å². The van der Waals surface area contributed by atoms with E-state index in [0.29, 0.717) is 23.6 Å². The molecular formula is C19H32N4O. The molecule has 2 fully saturated rings. The van der Waals surface area contributed by atoms with E-state index in [1.165, 1.54) is 45.2 Å². The van der Waals surface area contributed by atoms with Gasteiger partial charge < -0.3 is 10.2 Å². The minimum atomic E-state index is -0.0324. The molecule has 134 valence electrons. The average Bonchev–Trinajstić information content (AvgIpc) is 3.07. The maximum atomic E-state index is 12.4. The fraction of sp³-hybridized carbons (Fsp3) is 0.789. The molecule has 3 heterocycles. The summed E-state index contributed by atoms with van der Waals surface area (Å²) in [4.78, 5) is 15.0. The number of carbonyl (C=O) groups is 1. The van der Waals surface area contributed by atoms with Crippen LogP contribution in [-0.2, 0) is 6.42 Å². The van der Waals surface area contributed by atoms with Crippen molar-refractivity contribution in [1.82, 2.24) is 20.4 Å². The topological polar surface area (TPSA) is 61.0 Å². The number of aryl methyl sites for hydroxylation is 1. The molecule has 5 heteroatoms. The molecule has 0 aliphatic carbocycles. The van der Waals surface area contributed by atoms with E-state index >= 15 is 0 Å². The fourth-order valence-electron chi connectivity index (χ4n) is 4.18. The molecule has 5 nitrogen and oxygen atoms in total. The number of nitrogens with zero attached hydrogens (tertiary/aromatic N) is 2. The third-order valence-electron chi connectivity index (χ3n) is 5.61. The molecular weight excluding hydrogens is 300 g/mol. The monoisotopic (exact) mass is 332 g/mol. The van der Waals surface area contributed by atoms with Crippen molar-refractivity contribution in [2.75, 3.05) is 19.6 Å². The van der Waals surface area contributed by atoms with Crippen LogP contribution in [0, 0.1) is 11.8 Å². The fourth-order valence-corrected chi connectivity index (χ4v) is 4.18. The molecule has 0 saturated carbocycles. The molecule has 0 spiro atoms. The molecule has 2 atom stereocenters. The number of aromatic nitrogens is 2. The van der Waals surface area contributed by atoms with E-state index in [-0.39, 0.29) is 5.91 Å². The Balaban J connectivity index is 1.49. The lowest BCUT2D eigenvalue weighted by Crippen LogP contribution is -2.51. The van der Waals surface area contributed by atoms with Gasteiger partial charge in [-0.3, -0.25) is 9.89 Å². The summed E-state index contributed by atoms with van der Waals surface area (Å²) < 4.78 is 0. The normalized spacial score (nSPS) is 24.8. The number of piperidine rings is 2. The number of amides is 1. The quantitative estimate of drug-likeness (QED) is 0.842. The van der Waals surface area contributed by atoms with Gasteiger partial charge in [0.05, 0.1) is 0 Å². The van der Waals surface area contributed by atoms with Gasteiger partial charge >= 0.3 is 0 Å². The predicted molar refractivity (Wildman–Crippen MR) is 96.0 cm³/mol. The van der Waals surface area contributed by atoms with Gasteiger partial charge in [-0.05, 0) is 69.5 Å². The molecule has 0 unspecified atom stereocenters. The minimum Gasteiger partial charge on any atom is -0.350 e. The highest BCUT2D eigenvalue weighted by Crippen LogP contribution is 2.30. The molecule has 24 heavy (non-hydrogen) atoms. The molecule has 3 rings (SSSR count). The van der Waals surface area contributed by atoms with Crippen molar-refractivity contribution in [2.24, 2.45) is 11.8 Å². The smallest absolute Gasteiger partial charge is 0.271 e. The van der Waals surface area contributed by atoms with Crippen LogP contribution in [-0.4, -0.2) is 46.7 Å². The van der Waals surface area contributed by atoms with Crippen LogP contribution in [0.5, 0.6) is 0 Å². The lowest BCUT2D eigenvalue weighted by Gasteiger charge is -2.44. The predicted octanol–water partition coefficient (Wildman–Crippen LogP) is 2.99. The third kappa shape index (κ3) is 4.38. The second-order valence-electron chi connectivity index (χ2n) is 7.92. The summed E-state index contributed by atoms with van der Waals surface area (Å²) in [6.45, 7) is 7.70. The van der Waals surface area contributed by atoms with Crippen molar-refractivity contribution in [3.8, 4) is 0 Å². The Morgan fingerprint density at radius 1 is 1.33 bits per heavy atom. The highest BCUT2D eigenvalue weighted by molar-refractivity contribution is 5.92. The van der Waals surface area contributed by atoms with Crippen LogP contribution >= 0.6 is 0 Å².